The van der Waals surface area contributed by atoms with Gasteiger partial charge in [0.1, 0.15) is 0 Å². The van der Waals surface area contributed by atoms with Crippen LogP contribution in [0.15, 0.2) is 91.0 Å². The lowest BCUT2D eigenvalue weighted by Gasteiger charge is -2.16. The minimum Gasteiger partial charge on any atom is -0.0622 e. The largest absolute Gasteiger partial charge is 0.0622 e. The van der Waals surface area contributed by atoms with Crippen molar-refractivity contribution in [1.82, 2.24) is 0 Å². The normalized spacial score (nSPS) is 10.9. The predicted molar refractivity (Wildman–Crippen MR) is 103 cm³/mol. The summed E-state index contributed by atoms with van der Waals surface area (Å²) in [7, 11) is 0. The van der Waals surface area contributed by atoms with E-state index >= 15 is 0 Å². The Kier molecular flexibility index (Phi) is 3.88. The molecular formula is C24H20. The number of hydrogen-bond donors (Lipinski definition) is 0. The molecule has 0 heterocycles. The molecule has 4 aromatic carbocycles. The molecular weight excluding hydrogens is 288 g/mol. The van der Waals surface area contributed by atoms with Gasteiger partial charge in [-0.05, 0) is 51.9 Å². The fourth-order valence-electron chi connectivity index (χ4n) is 3.56. The first-order valence-electron chi connectivity index (χ1n) is 8.43. The zero-order valence-electron chi connectivity index (χ0n) is 13.9. The van der Waals surface area contributed by atoms with Crippen LogP contribution in [0.1, 0.15) is 16.7 Å². The van der Waals surface area contributed by atoms with E-state index in [1.165, 1.54) is 38.6 Å². The Labute approximate surface area is 143 Å². The number of rotatable bonds is 3. The summed E-state index contributed by atoms with van der Waals surface area (Å²) in [6, 6.07) is 32.5. The van der Waals surface area contributed by atoms with Gasteiger partial charge in [-0.15, -0.1) is 0 Å². The van der Waals surface area contributed by atoms with Crippen LogP contribution in [0.4, 0.5) is 0 Å². The van der Waals surface area contributed by atoms with E-state index in [-0.39, 0.29) is 0 Å². The van der Waals surface area contributed by atoms with Crippen LogP contribution in [0.25, 0.3) is 21.9 Å². The van der Waals surface area contributed by atoms with E-state index in [2.05, 4.69) is 97.9 Å². The molecule has 0 N–H and O–H groups in total. The molecule has 0 aliphatic heterocycles. The lowest BCUT2D eigenvalue weighted by atomic mass is 9.88. The molecule has 4 aromatic rings. The highest BCUT2D eigenvalue weighted by molar-refractivity contribution is 5.93. The first-order chi connectivity index (χ1) is 11.8. The second kappa shape index (κ2) is 6.33. The second-order valence-corrected chi connectivity index (χ2v) is 6.29. The van der Waals surface area contributed by atoms with Crippen LogP contribution in [0.2, 0.25) is 0 Å². The SMILES string of the molecule is Cc1c(-c2ccccc2)c(Cc2ccccc2)cc2ccccc12. The van der Waals surface area contributed by atoms with Gasteiger partial charge in [0.05, 0.1) is 0 Å². The Bertz CT molecular complexity index is 967. The van der Waals surface area contributed by atoms with Gasteiger partial charge >= 0.3 is 0 Å². The molecule has 0 aromatic heterocycles. The smallest absolute Gasteiger partial charge is 0.00193 e. The lowest BCUT2D eigenvalue weighted by Crippen LogP contribution is -1.96. The van der Waals surface area contributed by atoms with E-state index in [4.69, 9.17) is 0 Å². The van der Waals surface area contributed by atoms with Crippen molar-refractivity contribution in [2.75, 3.05) is 0 Å². The van der Waals surface area contributed by atoms with Crippen LogP contribution in [0.5, 0.6) is 0 Å². The summed E-state index contributed by atoms with van der Waals surface area (Å²) in [5, 5.41) is 2.66. The number of benzene rings is 4. The molecule has 0 amide bonds. The minimum absolute atomic E-state index is 0.955. The summed E-state index contributed by atoms with van der Waals surface area (Å²) < 4.78 is 0. The van der Waals surface area contributed by atoms with Gasteiger partial charge in [0.15, 0.2) is 0 Å². The molecule has 0 saturated heterocycles. The zero-order chi connectivity index (χ0) is 16.4. The molecule has 0 radical (unpaired) electrons. The number of aryl methyl sites for hydroxylation is 1. The molecule has 0 aliphatic carbocycles. The van der Waals surface area contributed by atoms with Crippen LogP contribution >= 0.6 is 0 Å². The van der Waals surface area contributed by atoms with Gasteiger partial charge in [-0.2, -0.15) is 0 Å². The summed E-state index contributed by atoms with van der Waals surface area (Å²) in [5.74, 6) is 0. The molecule has 0 aliphatic rings. The van der Waals surface area contributed by atoms with Crippen molar-refractivity contribution in [1.29, 1.82) is 0 Å². The topological polar surface area (TPSA) is 0 Å². The quantitative estimate of drug-likeness (QED) is 0.410. The van der Waals surface area contributed by atoms with Crippen LogP contribution in [0, 0.1) is 6.92 Å². The fourth-order valence-corrected chi connectivity index (χ4v) is 3.56. The Balaban J connectivity index is 1.96. The maximum absolute atomic E-state index is 2.36. The fraction of sp³-hybridized carbons (Fsp3) is 0.0833. The highest BCUT2D eigenvalue weighted by Gasteiger charge is 2.12. The molecule has 4 rings (SSSR count). The summed E-state index contributed by atoms with van der Waals surface area (Å²) in [6.07, 6.45) is 0.955. The Hall–Kier alpha value is -2.86. The van der Waals surface area contributed by atoms with Crippen molar-refractivity contribution >= 4 is 10.8 Å². The number of fused-ring (bicyclic) bond motifs is 1. The molecule has 0 unspecified atom stereocenters. The molecule has 116 valence electrons. The van der Waals surface area contributed by atoms with Crippen LogP contribution in [-0.4, -0.2) is 0 Å². The highest BCUT2D eigenvalue weighted by Crippen LogP contribution is 2.34. The van der Waals surface area contributed by atoms with E-state index in [1.54, 1.807) is 0 Å². The average molecular weight is 308 g/mol. The third kappa shape index (κ3) is 2.72. The summed E-state index contributed by atoms with van der Waals surface area (Å²) in [6.45, 7) is 2.25. The standard InChI is InChI=1S/C24H20/c1-18-23-15-9-8-14-21(23)17-22(16-19-10-4-2-5-11-19)24(18)20-12-6-3-7-13-20/h2-15,17H,16H2,1H3. The van der Waals surface area contributed by atoms with E-state index in [0.717, 1.165) is 6.42 Å². The van der Waals surface area contributed by atoms with E-state index < -0.39 is 0 Å². The maximum Gasteiger partial charge on any atom is -0.00193 e. The monoisotopic (exact) mass is 308 g/mol. The van der Waals surface area contributed by atoms with Crippen molar-refractivity contribution < 1.29 is 0 Å². The van der Waals surface area contributed by atoms with Gasteiger partial charge in [-0.25, -0.2) is 0 Å². The lowest BCUT2D eigenvalue weighted by molar-refractivity contribution is 1.19. The van der Waals surface area contributed by atoms with Crippen LogP contribution in [0.3, 0.4) is 0 Å². The Morgan fingerprint density at radius 3 is 2.04 bits per heavy atom. The van der Waals surface area contributed by atoms with Gasteiger partial charge in [0.2, 0.25) is 0 Å². The van der Waals surface area contributed by atoms with Crippen molar-refractivity contribution in [2.24, 2.45) is 0 Å². The van der Waals surface area contributed by atoms with Crippen molar-refractivity contribution in [3.8, 4) is 11.1 Å². The average Bonchev–Trinajstić information content (AvgIpc) is 2.64. The van der Waals surface area contributed by atoms with Gasteiger partial charge in [0.25, 0.3) is 0 Å². The minimum atomic E-state index is 0.955. The Morgan fingerprint density at radius 2 is 1.29 bits per heavy atom. The first kappa shape index (κ1) is 14.7. The van der Waals surface area contributed by atoms with Gasteiger partial charge in [0, 0.05) is 0 Å². The molecule has 0 nitrogen and oxygen atoms in total. The van der Waals surface area contributed by atoms with Crippen molar-refractivity contribution in [3.05, 3.63) is 108 Å². The zero-order valence-corrected chi connectivity index (χ0v) is 13.9. The molecule has 0 saturated carbocycles. The molecule has 0 atom stereocenters. The van der Waals surface area contributed by atoms with E-state index in [9.17, 15) is 0 Å². The predicted octanol–water partition coefficient (Wildman–Crippen LogP) is 6.41. The molecule has 0 bridgehead atoms. The Morgan fingerprint density at radius 1 is 0.667 bits per heavy atom. The summed E-state index contributed by atoms with van der Waals surface area (Å²) in [5.41, 5.74) is 6.78. The maximum atomic E-state index is 2.36. The van der Waals surface area contributed by atoms with Gasteiger partial charge in [-0.1, -0.05) is 91.0 Å². The third-order valence-electron chi connectivity index (χ3n) is 4.69. The summed E-state index contributed by atoms with van der Waals surface area (Å²) in [4.78, 5) is 0. The molecule has 0 spiro atoms. The third-order valence-corrected chi connectivity index (χ3v) is 4.69. The van der Waals surface area contributed by atoms with Crippen molar-refractivity contribution in [3.63, 3.8) is 0 Å². The molecule has 0 fully saturated rings. The van der Waals surface area contributed by atoms with E-state index in [0.29, 0.717) is 0 Å². The molecule has 0 heteroatoms. The van der Waals surface area contributed by atoms with Crippen molar-refractivity contribution in [2.45, 2.75) is 13.3 Å². The summed E-state index contributed by atoms with van der Waals surface area (Å²) >= 11 is 0. The first-order valence-corrected chi connectivity index (χ1v) is 8.43. The molecule has 24 heavy (non-hydrogen) atoms. The van der Waals surface area contributed by atoms with Gasteiger partial charge in [-0.3, -0.25) is 0 Å². The number of hydrogen-bond acceptors (Lipinski definition) is 0. The van der Waals surface area contributed by atoms with Gasteiger partial charge < -0.3 is 0 Å². The van der Waals surface area contributed by atoms with Crippen LogP contribution in [-0.2, 0) is 6.42 Å². The highest BCUT2D eigenvalue weighted by atomic mass is 14.2. The van der Waals surface area contributed by atoms with E-state index in [1.807, 2.05) is 0 Å². The van der Waals surface area contributed by atoms with Crippen LogP contribution < -0.4 is 0 Å². The second-order valence-electron chi connectivity index (χ2n) is 6.29.